The van der Waals surface area contributed by atoms with Gasteiger partial charge in [-0.05, 0) is 19.4 Å². The van der Waals surface area contributed by atoms with Crippen molar-refractivity contribution in [3.05, 3.63) is 35.9 Å². The summed E-state index contributed by atoms with van der Waals surface area (Å²) < 4.78 is 5.38. The van der Waals surface area contributed by atoms with Crippen LogP contribution < -0.4 is 0 Å². The predicted molar refractivity (Wildman–Crippen MR) is 62.0 cm³/mol. The molecule has 0 saturated heterocycles. The Labute approximate surface area is 96.1 Å². The first-order chi connectivity index (χ1) is 7.49. The summed E-state index contributed by atoms with van der Waals surface area (Å²) in [5.41, 5.74) is -0.0122. The lowest BCUT2D eigenvalue weighted by Crippen LogP contribution is -2.32. The summed E-state index contributed by atoms with van der Waals surface area (Å²) in [4.78, 5) is 10.9. The maximum absolute atomic E-state index is 10.9. The number of aliphatic hydroxyl groups is 1. The van der Waals surface area contributed by atoms with Crippen molar-refractivity contribution in [3.8, 4) is 0 Å². The molecule has 0 bridgehead atoms. The van der Waals surface area contributed by atoms with E-state index in [1.165, 1.54) is 6.92 Å². The minimum Gasteiger partial charge on any atom is -0.387 e. The molecule has 0 saturated carbocycles. The molecule has 1 aromatic carbocycles. The van der Waals surface area contributed by atoms with E-state index in [1.54, 1.807) is 6.92 Å². The third-order valence-electron chi connectivity index (χ3n) is 2.15. The van der Waals surface area contributed by atoms with E-state index in [0.717, 1.165) is 5.56 Å². The van der Waals surface area contributed by atoms with Crippen LogP contribution in [0.2, 0.25) is 0 Å². The first-order valence-electron chi connectivity index (χ1n) is 5.33. The Morgan fingerprint density at radius 2 is 2.00 bits per heavy atom. The van der Waals surface area contributed by atoms with Crippen LogP contribution >= 0.6 is 0 Å². The molecule has 3 heteroatoms. The Kier molecular flexibility index (Phi) is 4.65. The van der Waals surface area contributed by atoms with Gasteiger partial charge >= 0.3 is 0 Å². The number of ketones is 1. The highest BCUT2D eigenvalue weighted by Crippen LogP contribution is 2.11. The van der Waals surface area contributed by atoms with E-state index in [-0.39, 0.29) is 18.8 Å². The maximum Gasteiger partial charge on any atom is 0.132 e. The first-order valence-corrected chi connectivity index (χ1v) is 5.33. The molecule has 0 amide bonds. The van der Waals surface area contributed by atoms with Gasteiger partial charge in [-0.1, -0.05) is 30.3 Å². The summed E-state index contributed by atoms with van der Waals surface area (Å²) in [5.74, 6) is -0.0340. The van der Waals surface area contributed by atoms with Crippen molar-refractivity contribution in [2.24, 2.45) is 0 Å². The average molecular weight is 222 g/mol. The second-order valence-corrected chi connectivity index (χ2v) is 4.35. The van der Waals surface area contributed by atoms with Gasteiger partial charge in [-0.15, -0.1) is 0 Å². The summed E-state index contributed by atoms with van der Waals surface area (Å²) in [7, 11) is 0. The summed E-state index contributed by atoms with van der Waals surface area (Å²) in [6.07, 6.45) is 0.127. The van der Waals surface area contributed by atoms with Gasteiger partial charge < -0.3 is 9.84 Å². The van der Waals surface area contributed by atoms with E-state index in [4.69, 9.17) is 4.74 Å². The van der Waals surface area contributed by atoms with Gasteiger partial charge in [0.05, 0.1) is 18.8 Å². The van der Waals surface area contributed by atoms with Gasteiger partial charge in [0.1, 0.15) is 5.78 Å². The van der Waals surface area contributed by atoms with Crippen molar-refractivity contribution < 1.29 is 14.6 Å². The fraction of sp³-hybridized carbons (Fsp3) is 0.462. The standard InChI is InChI=1S/C13H18O3/c1-11(14)8-13(2,15)10-16-9-12-6-4-3-5-7-12/h3-7,15H,8-10H2,1-2H3/t13-/m1/s1. The number of benzene rings is 1. The van der Waals surface area contributed by atoms with Crippen LogP contribution in [-0.2, 0) is 16.1 Å². The Balaban J connectivity index is 2.32. The highest BCUT2D eigenvalue weighted by Gasteiger charge is 2.22. The molecule has 16 heavy (non-hydrogen) atoms. The minimum absolute atomic E-state index is 0.0340. The van der Waals surface area contributed by atoms with Crippen molar-refractivity contribution in [3.63, 3.8) is 0 Å². The molecule has 3 nitrogen and oxygen atoms in total. The van der Waals surface area contributed by atoms with Crippen molar-refractivity contribution in [1.82, 2.24) is 0 Å². The van der Waals surface area contributed by atoms with Crippen molar-refractivity contribution >= 4 is 5.78 Å². The lowest BCUT2D eigenvalue weighted by molar-refractivity contribution is -0.124. The Bertz CT molecular complexity index is 330. The van der Waals surface area contributed by atoms with Gasteiger partial charge in [0.15, 0.2) is 0 Å². The molecule has 1 N–H and O–H groups in total. The lowest BCUT2D eigenvalue weighted by Gasteiger charge is -2.21. The topological polar surface area (TPSA) is 46.5 Å². The van der Waals surface area contributed by atoms with Crippen LogP contribution in [0.3, 0.4) is 0 Å². The van der Waals surface area contributed by atoms with Crippen LogP contribution in [0, 0.1) is 0 Å². The molecule has 0 spiro atoms. The number of carbonyl (C=O) groups excluding carboxylic acids is 1. The van der Waals surface area contributed by atoms with Crippen molar-refractivity contribution in [2.45, 2.75) is 32.5 Å². The van der Waals surface area contributed by atoms with Crippen LogP contribution in [0.4, 0.5) is 0 Å². The molecule has 0 aromatic heterocycles. The normalized spacial score (nSPS) is 14.4. The average Bonchev–Trinajstić information content (AvgIpc) is 2.16. The van der Waals surface area contributed by atoms with Gasteiger partial charge in [0.25, 0.3) is 0 Å². The fourth-order valence-corrected chi connectivity index (χ4v) is 1.55. The van der Waals surface area contributed by atoms with Gasteiger partial charge in [-0.25, -0.2) is 0 Å². The first kappa shape index (κ1) is 12.9. The molecule has 1 atom stereocenters. The van der Waals surface area contributed by atoms with E-state index < -0.39 is 5.60 Å². The summed E-state index contributed by atoms with van der Waals surface area (Å²) >= 11 is 0. The molecule has 0 radical (unpaired) electrons. The number of carbonyl (C=O) groups is 1. The van der Waals surface area contributed by atoms with Gasteiger partial charge in [-0.2, -0.15) is 0 Å². The smallest absolute Gasteiger partial charge is 0.132 e. The third-order valence-corrected chi connectivity index (χ3v) is 2.15. The molecule has 0 heterocycles. The maximum atomic E-state index is 10.9. The molecular formula is C13H18O3. The molecule has 0 unspecified atom stereocenters. The highest BCUT2D eigenvalue weighted by atomic mass is 16.5. The molecule has 0 aliphatic carbocycles. The number of hydrogen-bond acceptors (Lipinski definition) is 3. The van der Waals surface area contributed by atoms with Gasteiger partial charge in [0, 0.05) is 6.42 Å². The molecule has 0 aliphatic heterocycles. The highest BCUT2D eigenvalue weighted by molar-refractivity contribution is 5.76. The van der Waals surface area contributed by atoms with Crippen LogP contribution in [0.5, 0.6) is 0 Å². The van der Waals surface area contributed by atoms with E-state index >= 15 is 0 Å². The minimum atomic E-state index is -1.07. The van der Waals surface area contributed by atoms with Gasteiger partial charge in [0.2, 0.25) is 0 Å². The third kappa shape index (κ3) is 5.05. The van der Waals surface area contributed by atoms with Crippen LogP contribution in [0.25, 0.3) is 0 Å². The molecule has 88 valence electrons. The number of hydrogen-bond donors (Lipinski definition) is 1. The fourth-order valence-electron chi connectivity index (χ4n) is 1.55. The Hall–Kier alpha value is -1.19. The Morgan fingerprint density at radius 1 is 1.38 bits per heavy atom. The molecule has 0 fully saturated rings. The lowest BCUT2D eigenvalue weighted by atomic mass is 10.0. The second-order valence-electron chi connectivity index (χ2n) is 4.35. The second kappa shape index (κ2) is 5.77. The van der Waals surface area contributed by atoms with E-state index in [9.17, 15) is 9.90 Å². The van der Waals surface area contributed by atoms with E-state index in [0.29, 0.717) is 6.61 Å². The van der Waals surface area contributed by atoms with Crippen LogP contribution in [0.1, 0.15) is 25.8 Å². The number of rotatable bonds is 6. The zero-order chi connectivity index (χ0) is 12.0. The van der Waals surface area contributed by atoms with Crippen LogP contribution in [-0.4, -0.2) is 23.1 Å². The zero-order valence-electron chi connectivity index (χ0n) is 9.77. The summed E-state index contributed by atoms with van der Waals surface area (Å²) in [5, 5.41) is 9.82. The largest absolute Gasteiger partial charge is 0.387 e. The predicted octanol–water partition coefficient (Wildman–Crippen LogP) is 1.93. The monoisotopic (exact) mass is 222 g/mol. The Morgan fingerprint density at radius 3 is 2.56 bits per heavy atom. The SMILES string of the molecule is CC(=O)C[C@@](C)(O)COCc1ccccc1. The molecule has 1 aromatic rings. The summed E-state index contributed by atoms with van der Waals surface area (Å²) in [6.45, 7) is 3.70. The van der Waals surface area contributed by atoms with Crippen molar-refractivity contribution in [2.75, 3.05) is 6.61 Å². The van der Waals surface area contributed by atoms with Crippen LogP contribution in [0.15, 0.2) is 30.3 Å². The summed E-state index contributed by atoms with van der Waals surface area (Å²) in [6, 6.07) is 9.73. The number of Topliss-reactive ketones (excluding diaryl/α,β-unsaturated/α-hetero) is 1. The van der Waals surface area contributed by atoms with Gasteiger partial charge in [-0.3, -0.25) is 4.79 Å². The van der Waals surface area contributed by atoms with Crippen molar-refractivity contribution in [1.29, 1.82) is 0 Å². The number of ether oxygens (including phenoxy) is 1. The molecule has 1 rings (SSSR count). The zero-order valence-corrected chi connectivity index (χ0v) is 9.77. The molecule has 0 aliphatic rings. The van der Waals surface area contributed by atoms with E-state index in [1.807, 2.05) is 30.3 Å². The quantitative estimate of drug-likeness (QED) is 0.800. The molecular weight excluding hydrogens is 204 g/mol. The van der Waals surface area contributed by atoms with E-state index in [2.05, 4.69) is 0 Å².